The summed E-state index contributed by atoms with van der Waals surface area (Å²) in [7, 11) is 0. The van der Waals surface area contributed by atoms with Gasteiger partial charge >= 0.3 is 0 Å². The van der Waals surface area contributed by atoms with Gasteiger partial charge in [-0.1, -0.05) is 28.1 Å². The van der Waals surface area contributed by atoms with Gasteiger partial charge in [0.1, 0.15) is 6.10 Å². The molecule has 0 bridgehead atoms. The second kappa shape index (κ2) is 7.97. The van der Waals surface area contributed by atoms with Crippen molar-refractivity contribution < 1.29 is 33.5 Å². The number of benzene rings is 3. The van der Waals surface area contributed by atoms with Gasteiger partial charge in [-0.3, -0.25) is 0 Å². The van der Waals surface area contributed by atoms with Crippen molar-refractivity contribution in [3.05, 3.63) is 70.2 Å². The fourth-order valence-corrected chi connectivity index (χ4v) is 3.57. The van der Waals surface area contributed by atoms with Gasteiger partial charge in [0.05, 0.1) is 0 Å². The highest BCUT2D eigenvalue weighted by Crippen LogP contribution is 2.38. The summed E-state index contributed by atoms with van der Waals surface area (Å²) in [5.74, 6) is 4.35. The van der Waals surface area contributed by atoms with Crippen LogP contribution in [0.2, 0.25) is 0 Å². The summed E-state index contributed by atoms with van der Waals surface area (Å²) in [5, 5.41) is 10.5. The van der Waals surface area contributed by atoms with Crippen molar-refractivity contribution in [1.82, 2.24) is 0 Å². The van der Waals surface area contributed by atoms with Crippen LogP contribution in [0.4, 0.5) is 0 Å². The first-order chi connectivity index (χ1) is 14.7. The van der Waals surface area contributed by atoms with Crippen molar-refractivity contribution in [2.45, 2.75) is 6.10 Å². The van der Waals surface area contributed by atoms with Crippen molar-refractivity contribution in [1.29, 1.82) is 0 Å². The van der Waals surface area contributed by atoms with E-state index in [-0.39, 0.29) is 13.6 Å². The number of rotatable bonds is 2. The molecule has 0 aromatic heterocycles. The maximum atomic E-state index is 10.5. The Bertz CT molecular complexity index is 1030. The monoisotopic (exact) mass is 472 g/mol. The molecule has 3 aromatic rings. The van der Waals surface area contributed by atoms with Gasteiger partial charge in [0.15, 0.2) is 34.5 Å². The van der Waals surface area contributed by atoms with E-state index in [9.17, 15) is 5.11 Å². The molecule has 0 saturated heterocycles. The lowest BCUT2D eigenvalue weighted by Gasteiger charge is -2.12. The first-order valence-electron chi connectivity index (χ1n) is 9.20. The SMILES string of the molecule is Brc1ccc2c(c1)OCO2.OC(c1ccc2c(c1)OCO2)c1ccc2c(c1)OCO2. The lowest BCUT2D eigenvalue weighted by atomic mass is 10.0. The molecule has 3 heterocycles. The van der Waals surface area contributed by atoms with Gasteiger partial charge in [0, 0.05) is 4.47 Å². The van der Waals surface area contributed by atoms with E-state index in [0.717, 1.165) is 27.1 Å². The normalized spacial score (nSPS) is 14.5. The van der Waals surface area contributed by atoms with E-state index >= 15 is 0 Å². The molecule has 0 radical (unpaired) electrons. The Balaban J connectivity index is 0.000000161. The van der Waals surface area contributed by atoms with E-state index in [0.29, 0.717) is 29.8 Å². The predicted octanol–water partition coefficient (Wildman–Crippen LogP) is 4.40. The summed E-state index contributed by atoms with van der Waals surface area (Å²) in [6.07, 6.45) is -0.751. The Kier molecular flexibility index (Phi) is 5.02. The fourth-order valence-electron chi connectivity index (χ4n) is 3.23. The number of aliphatic hydroxyl groups excluding tert-OH is 1. The molecule has 1 N–H and O–H groups in total. The molecular weight excluding hydrogens is 456 g/mol. The van der Waals surface area contributed by atoms with Gasteiger partial charge < -0.3 is 33.5 Å². The molecule has 0 unspecified atom stereocenters. The maximum Gasteiger partial charge on any atom is 0.231 e. The molecule has 0 amide bonds. The van der Waals surface area contributed by atoms with Gasteiger partial charge in [-0.25, -0.2) is 0 Å². The third-order valence-electron chi connectivity index (χ3n) is 4.76. The summed E-state index contributed by atoms with van der Waals surface area (Å²) in [5.41, 5.74) is 1.49. The van der Waals surface area contributed by atoms with Crippen LogP contribution in [0.5, 0.6) is 34.5 Å². The van der Waals surface area contributed by atoms with Crippen molar-refractivity contribution in [2.75, 3.05) is 20.4 Å². The van der Waals surface area contributed by atoms with E-state index in [4.69, 9.17) is 28.4 Å². The predicted molar refractivity (Wildman–Crippen MR) is 109 cm³/mol. The second-order valence-electron chi connectivity index (χ2n) is 6.63. The molecule has 0 spiro atoms. The summed E-state index contributed by atoms with van der Waals surface area (Å²) in [6.45, 7) is 0.781. The Morgan fingerprint density at radius 2 is 0.967 bits per heavy atom. The molecule has 7 nitrogen and oxygen atoms in total. The molecule has 3 aromatic carbocycles. The molecule has 3 aliphatic heterocycles. The van der Waals surface area contributed by atoms with Crippen LogP contribution in [-0.4, -0.2) is 25.5 Å². The van der Waals surface area contributed by atoms with Crippen molar-refractivity contribution in [3.63, 3.8) is 0 Å². The second-order valence-corrected chi connectivity index (χ2v) is 7.54. The third kappa shape index (κ3) is 3.71. The molecule has 0 saturated carbocycles. The molecule has 8 heteroatoms. The van der Waals surface area contributed by atoms with Crippen molar-refractivity contribution in [3.8, 4) is 34.5 Å². The topological polar surface area (TPSA) is 75.6 Å². The first-order valence-corrected chi connectivity index (χ1v) is 9.99. The number of ether oxygens (including phenoxy) is 6. The van der Waals surface area contributed by atoms with Crippen LogP contribution in [0.25, 0.3) is 0 Å². The van der Waals surface area contributed by atoms with Gasteiger partial charge in [0.25, 0.3) is 0 Å². The zero-order chi connectivity index (χ0) is 20.5. The number of hydrogen-bond donors (Lipinski definition) is 1. The smallest absolute Gasteiger partial charge is 0.231 e. The van der Waals surface area contributed by atoms with Gasteiger partial charge in [-0.2, -0.15) is 0 Å². The zero-order valence-corrected chi connectivity index (χ0v) is 17.3. The lowest BCUT2D eigenvalue weighted by molar-refractivity contribution is 0.173. The van der Waals surface area contributed by atoms with Gasteiger partial charge in [-0.15, -0.1) is 0 Å². The minimum absolute atomic E-state index is 0.221. The molecule has 0 aliphatic carbocycles. The summed E-state index contributed by atoms with van der Waals surface area (Å²) >= 11 is 3.33. The van der Waals surface area contributed by atoms with E-state index in [1.54, 1.807) is 24.3 Å². The highest BCUT2D eigenvalue weighted by Gasteiger charge is 2.20. The molecule has 0 fully saturated rings. The average molecular weight is 473 g/mol. The average Bonchev–Trinajstić information content (AvgIpc) is 3.51. The Morgan fingerprint density at radius 1 is 0.567 bits per heavy atom. The molecule has 30 heavy (non-hydrogen) atoms. The highest BCUT2D eigenvalue weighted by atomic mass is 79.9. The number of halogens is 1. The van der Waals surface area contributed by atoms with E-state index in [1.807, 2.05) is 30.3 Å². The van der Waals surface area contributed by atoms with Crippen LogP contribution in [0, 0.1) is 0 Å². The summed E-state index contributed by atoms with van der Waals surface area (Å²) in [4.78, 5) is 0. The minimum Gasteiger partial charge on any atom is -0.454 e. The fraction of sp³-hybridized carbons (Fsp3) is 0.182. The number of aliphatic hydroxyl groups is 1. The van der Waals surface area contributed by atoms with Crippen LogP contribution in [0.15, 0.2) is 59.1 Å². The largest absolute Gasteiger partial charge is 0.454 e. The van der Waals surface area contributed by atoms with Crippen LogP contribution in [0.1, 0.15) is 17.2 Å². The van der Waals surface area contributed by atoms with Crippen LogP contribution in [-0.2, 0) is 0 Å². The molecule has 6 rings (SSSR count). The van der Waals surface area contributed by atoms with Gasteiger partial charge in [0.2, 0.25) is 20.4 Å². The maximum absolute atomic E-state index is 10.5. The summed E-state index contributed by atoms with van der Waals surface area (Å²) in [6, 6.07) is 16.5. The first kappa shape index (κ1) is 18.9. The van der Waals surface area contributed by atoms with Crippen LogP contribution in [0.3, 0.4) is 0 Å². The van der Waals surface area contributed by atoms with E-state index < -0.39 is 6.10 Å². The summed E-state index contributed by atoms with van der Waals surface area (Å²) < 4.78 is 32.4. The zero-order valence-electron chi connectivity index (χ0n) is 15.7. The Hall–Kier alpha value is -3.10. The van der Waals surface area contributed by atoms with Crippen molar-refractivity contribution in [2.24, 2.45) is 0 Å². The highest BCUT2D eigenvalue weighted by molar-refractivity contribution is 9.10. The molecular formula is C22H17BrO7. The van der Waals surface area contributed by atoms with Gasteiger partial charge in [-0.05, 0) is 53.6 Å². The third-order valence-corrected chi connectivity index (χ3v) is 5.25. The Labute approximate surface area is 180 Å². The minimum atomic E-state index is -0.751. The number of fused-ring (bicyclic) bond motifs is 3. The van der Waals surface area contributed by atoms with Crippen molar-refractivity contribution >= 4 is 15.9 Å². The molecule has 154 valence electrons. The lowest BCUT2D eigenvalue weighted by Crippen LogP contribution is -1.99. The van der Waals surface area contributed by atoms with Crippen LogP contribution < -0.4 is 28.4 Å². The molecule has 3 aliphatic rings. The van der Waals surface area contributed by atoms with E-state index in [1.165, 1.54) is 0 Å². The van der Waals surface area contributed by atoms with Crippen LogP contribution >= 0.6 is 15.9 Å². The molecule has 0 atom stereocenters. The Morgan fingerprint density at radius 3 is 1.47 bits per heavy atom. The standard InChI is InChI=1S/C15H12O5.C7H5BrO2/c16-15(9-1-3-11-13(5-9)19-7-17-11)10-2-4-12-14(6-10)20-8-18-12;8-5-1-2-6-7(3-5)10-4-9-6/h1-6,15-16H,7-8H2;1-3H,4H2. The number of hydrogen-bond acceptors (Lipinski definition) is 7. The quantitative estimate of drug-likeness (QED) is 0.591. The van der Waals surface area contributed by atoms with E-state index in [2.05, 4.69) is 15.9 Å².